The van der Waals surface area contributed by atoms with Crippen LogP contribution in [0.1, 0.15) is 47.3 Å². The van der Waals surface area contributed by atoms with Gasteiger partial charge in [0, 0.05) is 17.1 Å². The highest BCUT2D eigenvalue weighted by Crippen LogP contribution is 2.23. The maximum atomic E-state index is 12.2. The van der Waals surface area contributed by atoms with E-state index in [-0.39, 0.29) is 11.7 Å². The van der Waals surface area contributed by atoms with Crippen molar-refractivity contribution in [1.82, 2.24) is 19.6 Å². The molecule has 0 saturated carbocycles. The minimum Gasteiger partial charge on any atom is -0.450 e. The third-order valence-corrected chi connectivity index (χ3v) is 3.99. The molecule has 0 spiro atoms. The van der Waals surface area contributed by atoms with Gasteiger partial charge >= 0.3 is 5.97 Å². The number of nitrogens with zero attached hydrogens (tertiary/aromatic N) is 4. The Morgan fingerprint density at radius 1 is 1.19 bits per heavy atom. The van der Waals surface area contributed by atoms with Gasteiger partial charge in [0.15, 0.2) is 6.61 Å². The molecule has 8 heteroatoms. The molecule has 140 valence electrons. The second kappa shape index (κ2) is 7.53. The van der Waals surface area contributed by atoms with E-state index in [0.29, 0.717) is 11.5 Å². The third kappa shape index (κ3) is 4.11. The Balaban J connectivity index is 1.66. The summed E-state index contributed by atoms with van der Waals surface area (Å²) in [4.78, 5) is 32.6. The summed E-state index contributed by atoms with van der Waals surface area (Å²) in [7, 11) is 0. The summed E-state index contributed by atoms with van der Waals surface area (Å²) in [6.45, 7) is 7.33. The molecule has 0 saturated heterocycles. The lowest BCUT2D eigenvalue weighted by Crippen LogP contribution is -2.22. The summed E-state index contributed by atoms with van der Waals surface area (Å²) in [6.07, 6.45) is 0. The van der Waals surface area contributed by atoms with E-state index in [9.17, 15) is 9.59 Å². The topological polar surface area (TPSA) is 98.5 Å². The molecular formula is C19H21N5O3. The zero-order chi connectivity index (χ0) is 19.6. The monoisotopic (exact) mass is 367 g/mol. The smallest absolute Gasteiger partial charge is 0.378 e. The van der Waals surface area contributed by atoms with Crippen LogP contribution in [-0.2, 0) is 9.53 Å². The maximum Gasteiger partial charge on any atom is 0.378 e. The summed E-state index contributed by atoms with van der Waals surface area (Å²) in [5.74, 6) is -0.762. The number of hydrogen-bond donors (Lipinski definition) is 1. The van der Waals surface area contributed by atoms with Crippen LogP contribution in [0.4, 0.5) is 5.69 Å². The Morgan fingerprint density at radius 3 is 2.67 bits per heavy atom. The number of nitrogens with one attached hydrogen (secondary N) is 1. The van der Waals surface area contributed by atoms with Gasteiger partial charge in [0.1, 0.15) is 0 Å². The van der Waals surface area contributed by atoms with Gasteiger partial charge in [0.25, 0.3) is 17.5 Å². The second-order valence-corrected chi connectivity index (χ2v) is 6.55. The zero-order valence-corrected chi connectivity index (χ0v) is 15.7. The number of benzene rings is 1. The number of hydrogen-bond acceptors (Lipinski definition) is 6. The Kier molecular flexibility index (Phi) is 5.16. The Bertz CT molecular complexity index is 1010. The predicted molar refractivity (Wildman–Crippen MR) is 99.7 cm³/mol. The normalized spacial score (nSPS) is 11.0. The first-order valence-electron chi connectivity index (χ1n) is 8.62. The van der Waals surface area contributed by atoms with Gasteiger partial charge in [-0.1, -0.05) is 32.0 Å². The van der Waals surface area contributed by atoms with Crippen molar-refractivity contribution in [3.05, 3.63) is 53.1 Å². The molecule has 0 atom stereocenters. The number of rotatable bonds is 5. The van der Waals surface area contributed by atoms with Gasteiger partial charge < -0.3 is 10.1 Å². The van der Waals surface area contributed by atoms with E-state index in [1.807, 2.05) is 58.0 Å². The first kappa shape index (κ1) is 18.5. The van der Waals surface area contributed by atoms with Gasteiger partial charge in [-0.2, -0.15) is 4.98 Å². The van der Waals surface area contributed by atoms with Gasteiger partial charge in [-0.05, 0) is 37.5 Å². The van der Waals surface area contributed by atoms with Crippen LogP contribution in [0.5, 0.6) is 0 Å². The number of ether oxygens (including phenoxy) is 1. The van der Waals surface area contributed by atoms with Gasteiger partial charge in [-0.15, -0.1) is 5.10 Å². The number of para-hydroxylation sites is 1. The molecule has 1 aromatic carbocycles. The van der Waals surface area contributed by atoms with Crippen molar-refractivity contribution in [3.63, 3.8) is 0 Å². The Morgan fingerprint density at radius 2 is 1.93 bits per heavy atom. The van der Waals surface area contributed by atoms with Gasteiger partial charge in [0.2, 0.25) is 0 Å². The molecule has 0 bridgehead atoms. The SMILES string of the molecule is Cc1cc(C)n2nc(C(=O)OCC(=O)Nc3ccccc3C(C)C)nc2n1. The molecule has 1 N–H and O–H groups in total. The van der Waals surface area contributed by atoms with Crippen LogP contribution >= 0.6 is 0 Å². The molecule has 3 rings (SSSR count). The van der Waals surface area contributed by atoms with Crippen LogP contribution in [0.25, 0.3) is 5.78 Å². The van der Waals surface area contributed by atoms with Crippen molar-refractivity contribution in [1.29, 1.82) is 0 Å². The molecule has 0 unspecified atom stereocenters. The highest BCUT2D eigenvalue weighted by molar-refractivity contribution is 5.95. The van der Waals surface area contributed by atoms with Crippen molar-refractivity contribution < 1.29 is 14.3 Å². The molecule has 3 aromatic rings. The number of esters is 1. The van der Waals surface area contributed by atoms with E-state index in [4.69, 9.17) is 4.74 Å². The number of carbonyl (C=O) groups is 2. The number of aromatic nitrogens is 4. The average molecular weight is 367 g/mol. The summed E-state index contributed by atoms with van der Waals surface area (Å²) in [5, 5.41) is 6.86. The van der Waals surface area contributed by atoms with Gasteiger partial charge in [-0.3, -0.25) is 4.79 Å². The molecule has 8 nitrogen and oxygen atoms in total. The van der Waals surface area contributed by atoms with Crippen molar-refractivity contribution >= 4 is 23.3 Å². The molecule has 0 aliphatic carbocycles. The van der Waals surface area contributed by atoms with Crippen LogP contribution in [0.2, 0.25) is 0 Å². The molecule has 2 aromatic heterocycles. The van der Waals surface area contributed by atoms with Crippen LogP contribution < -0.4 is 5.32 Å². The third-order valence-electron chi connectivity index (χ3n) is 3.99. The molecule has 0 aliphatic heterocycles. The number of anilines is 1. The number of carbonyl (C=O) groups excluding carboxylic acids is 2. The summed E-state index contributed by atoms with van der Waals surface area (Å²) < 4.78 is 6.51. The minimum absolute atomic E-state index is 0.133. The molecular weight excluding hydrogens is 346 g/mol. The number of amides is 1. The van der Waals surface area contributed by atoms with Crippen LogP contribution in [0.3, 0.4) is 0 Å². The van der Waals surface area contributed by atoms with Crippen LogP contribution in [-0.4, -0.2) is 38.1 Å². The molecule has 2 heterocycles. The maximum absolute atomic E-state index is 12.2. The lowest BCUT2D eigenvalue weighted by molar-refractivity contribution is -0.119. The average Bonchev–Trinajstić information content (AvgIpc) is 3.04. The highest BCUT2D eigenvalue weighted by atomic mass is 16.5. The molecule has 27 heavy (non-hydrogen) atoms. The van der Waals surface area contributed by atoms with E-state index in [1.165, 1.54) is 4.52 Å². The standard InChI is InChI=1S/C19H21N5O3/c1-11(2)14-7-5-6-8-15(14)21-16(25)10-27-18(26)17-22-19-20-12(3)9-13(4)24(19)23-17/h5-9,11H,10H2,1-4H3,(H,21,25). The van der Waals surface area contributed by atoms with Crippen molar-refractivity contribution in [3.8, 4) is 0 Å². The van der Waals surface area contributed by atoms with Crippen molar-refractivity contribution in [2.45, 2.75) is 33.6 Å². The fourth-order valence-electron chi connectivity index (χ4n) is 2.75. The first-order chi connectivity index (χ1) is 12.8. The first-order valence-corrected chi connectivity index (χ1v) is 8.62. The molecule has 0 radical (unpaired) electrons. The van der Waals surface area contributed by atoms with Gasteiger partial charge in [0.05, 0.1) is 0 Å². The largest absolute Gasteiger partial charge is 0.450 e. The fraction of sp³-hybridized carbons (Fsp3) is 0.316. The summed E-state index contributed by atoms with van der Waals surface area (Å²) >= 11 is 0. The predicted octanol–water partition coefficient (Wildman–Crippen LogP) is 2.66. The van der Waals surface area contributed by atoms with Crippen molar-refractivity contribution in [2.24, 2.45) is 0 Å². The van der Waals surface area contributed by atoms with Gasteiger partial charge in [-0.25, -0.2) is 14.3 Å². The van der Waals surface area contributed by atoms with E-state index in [2.05, 4.69) is 20.4 Å². The molecule has 1 amide bonds. The highest BCUT2D eigenvalue weighted by Gasteiger charge is 2.18. The molecule has 0 aliphatic rings. The summed E-state index contributed by atoms with van der Waals surface area (Å²) in [6, 6.07) is 9.35. The van der Waals surface area contributed by atoms with E-state index < -0.39 is 18.5 Å². The van der Waals surface area contributed by atoms with Crippen LogP contribution in [0.15, 0.2) is 30.3 Å². The number of fused-ring (bicyclic) bond motifs is 1. The lowest BCUT2D eigenvalue weighted by Gasteiger charge is -2.13. The van der Waals surface area contributed by atoms with Crippen LogP contribution in [0, 0.1) is 13.8 Å². The van der Waals surface area contributed by atoms with E-state index >= 15 is 0 Å². The fourth-order valence-corrected chi connectivity index (χ4v) is 2.75. The van der Waals surface area contributed by atoms with Crippen molar-refractivity contribution in [2.75, 3.05) is 11.9 Å². The quantitative estimate of drug-likeness (QED) is 0.696. The summed E-state index contributed by atoms with van der Waals surface area (Å²) in [5.41, 5.74) is 3.29. The van der Waals surface area contributed by atoms with E-state index in [0.717, 1.165) is 17.0 Å². The second-order valence-electron chi connectivity index (χ2n) is 6.55. The lowest BCUT2D eigenvalue weighted by atomic mass is 10.0. The Hall–Kier alpha value is -3.29. The Labute approximate surface area is 156 Å². The zero-order valence-electron chi connectivity index (χ0n) is 15.7. The minimum atomic E-state index is -0.773. The molecule has 0 fully saturated rings. The van der Waals surface area contributed by atoms with E-state index in [1.54, 1.807) is 0 Å². The number of aryl methyl sites for hydroxylation is 2.